The van der Waals surface area contributed by atoms with Crippen molar-refractivity contribution in [3.63, 3.8) is 0 Å². The van der Waals surface area contributed by atoms with Crippen molar-refractivity contribution in [2.45, 2.75) is 26.3 Å². The zero-order chi connectivity index (χ0) is 17.2. The number of aliphatic imine (C=N–C) groups is 1. The third kappa shape index (κ3) is 6.49. The number of hydrogen-bond donors (Lipinski definition) is 1. The fraction of sp³-hybridized carbons (Fsp3) is 0.632. The third-order valence-electron chi connectivity index (χ3n) is 4.40. The first-order valence-electron chi connectivity index (χ1n) is 8.96. The van der Waals surface area contributed by atoms with E-state index in [4.69, 9.17) is 4.74 Å². The molecular weight excluding hydrogens is 300 g/mol. The summed E-state index contributed by atoms with van der Waals surface area (Å²) < 4.78 is 5.38. The molecule has 0 radical (unpaired) electrons. The van der Waals surface area contributed by atoms with Gasteiger partial charge in [-0.2, -0.15) is 0 Å². The van der Waals surface area contributed by atoms with Gasteiger partial charge in [0, 0.05) is 40.3 Å². The van der Waals surface area contributed by atoms with Crippen LogP contribution >= 0.6 is 0 Å². The maximum Gasteiger partial charge on any atom is 0.193 e. The van der Waals surface area contributed by atoms with Crippen LogP contribution in [0.5, 0.6) is 0 Å². The van der Waals surface area contributed by atoms with E-state index < -0.39 is 0 Å². The second-order valence-corrected chi connectivity index (χ2v) is 6.48. The van der Waals surface area contributed by atoms with Crippen LogP contribution in [0.15, 0.2) is 29.3 Å². The summed E-state index contributed by atoms with van der Waals surface area (Å²) in [5, 5.41) is 3.47. The van der Waals surface area contributed by atoms with E-state index in [0.29, 0.717) is 0 Å². The van der Waals surface area contributed by atoms with Crippen LogP contribution in [0, 0.1) is 6.92 Å². The fourth-order valence-electron chi connectivity index (χ4n) is 2.91. The number of hydrogen-bond acceptors (Lipinski definition) is 3. The Bertz CT molecular complexity index is 495. The van der Waals surface area contributed by atoms with Gasteiger partial charge in [-0.1, -0.05) is 29.8 Å². The van der Waals surface area contributed by atoms with Gasteiger partial charge in [-0.25, -0.2) is 0 Å². The molecule has 0 aromatic heterocycles. The summed E-state index contributed by atoms with van der Waals surface area (Å²) in [4.78, 5) is 9.05. The van der Waals surface area contributed by atoms with Crippen LogP contribution in [-0.2, 0) is 11.3 Å². The average Bonchev–Trinajstić information content (AvgIpc) is 2.61. The molecule has 0 spiro atoms. The Labute approximate surface area is 146 Å². The molecule has 1 aromatic rings. The standard InChI is InChI=1S/C19H32N4O/c1-17-6-8-18(9-7-17)16-22(3)19(20-2)21-10-4-5-11-23-12-14-24-15-13-23/h6-9H,4-5,10-16H2,1-3H3,(H,20,21). The van der Waals surface area contributed by atoms with Crippen molar-refractivity contribution in [2.75, 3.05) is 53.5 Å². The van der Waals surface area contributed by atoms with Crippen LogP contribution < -0.4 is 5.32 Å². The summed E-state index contributed by atoms with van der Waals surface area (Å²) in [7, 11) is 3.94. The lowest BCUT2D eigenvalue weighted by atomic mass is 10.1. The molecule has 0 aliphatic carbocycles. The first-order valence-corrected chi connectivity index (χ1v) is 8.96. The largest absolute Gasteiger partial charge is 0.379 e. The second-order valence-electron chi connectivity index (χ2n) is 6.48. The lowest BCUT2D eigenvalue weighted by Crippen LogP contribution is -2.39. The molecule has 0 atom stereocenters. The van der Waals surface area contributed by atoms with Crippen LogP contribution in [0.3, 0.4) is 0 Å². The number of nitrogens with zero attached hydrogens (tertiary/aromatic N) is 3. The van der Waals surface area contributed by atoms with E-state index in [9.17, 15) is 0 Å². The molecule has 24 heavy (non-hydrogen) atoms. The Kier molecular flexibility index (Phi) is 8.05. The molecule has 1 saturated heterocycles. The van der Waals surface area contributed by atoms with E-state index in [1.165, 1.54) is 24.1 Å². The Morgan fingerprint density at radius 1 is 1.21 bits per heavy atom. The molecule has 0 saturated carbocycles. The molecule has 134 valence electrons. The predicted octanol–water partition coefficient (Wildman–Crippen LogP) is 2.11. The normalized spacial score (nSPS) is 16.2. The Hall–Kier alpha value is -1.59. The van der Waals surface area contributed by atoms with Crippen molar-refractivity contribution in [3.05, 3.63) is 35.4 Å². The number of morpholine rings is 1. The van der Waals surface area contributed by atoms with Gasteiger partial charge < -0.3 is 15.0 Å². The maximum atomic E-state index is 5.38. The topological polar surface area (TPSA) is 40.1 Å². The fourth-order valence-corrected chi connectivity index (χ4v) is 2.91. The van der Waals surface area contributed by atoms with Gasteiger partial charge in [0.05, 0.1) is 13.2 Å². The van der Waals surface area contributed by atoms with Crippen molar-refractivity contribution in [3.8, 4) is 0 Å². The highest BCUT2D eigenvalue weighted by atomic mass is 16.5. The van der Waals surface area contributed by atoms with E-state index >= 15 is 0 Å². The van der Waals surface area contributed by atoms with Crippen molar-refractivity contribution < 1.29 is 4.74 Å². The quantitative estimate of drug-likeness (QED) is 0.472. The summed E-state index contributed by atoms with van der Waals surface area (Å²) in [5.41, 5.74) is 2.60. The highest BCUT2D eigenvalue weighted by molar-refractivity contribution is 5.79. The lowest BCUT2D eigenvalue weighted by Gasteiger charge is -2.26. The number of unbranched alkanes of at least 4 members (excludes halogenated alkanes) is 1. The minimum Gasteiger partial charge on any atom is -0.379 e. The maximum absolute atomic E-state index is 5.38. The van der Waals surface area contributed by atoms with Gasteiger partial charge in [0.1, 0.15) is 0 Å². The Balaban J connectivity index is 1.64. The zero-order valence-corrected chi connectivity index (χ0v) is 15.4. The lowest BCUT2D eigenvalue weighted by molar-refractivity contribution is 0.0372. The molecule has 1 fully saturated rings. The molecule has 0 amide bonds. The van der Waals surface area contributed by atoms with Crippen molar-refractivity contribution in [2.24, 2.45) is 4.99 Å². The molecule has 1 N–H and O–H groups in total. The molecule has 1 aliphatic rings. The monoisotopic (exact) mass is 332 g/mol. The van der Waals surface area contributed by atoms with Crippen molar-refractivity contribution >= 4 is 5.96 Å². The second kappa shape index (κ2) is 10.3. The van der Waals surface area contributed by atoms with Gasteiger partial charge >= 0.3 is 0 Å². The molecule has 0 bridgehead atoms. The molecule has 5 heteroatoms. The van der Waals surface area contributed by atoms with Gasteiger partial charge in [-0.3, -0.25) is 9.89 Å². The number of guanidine groups is 1. The summed E-state index contributed by atoms with van der Waals surface area (Å²) in [6.45, 7) is 9.04. The van der Waals surface area contributed by atoms with Crippen LogP contribution in [-0.4, -0.2) is 69.2 Å². The molecular formula is C19H32N4O. The summed E-state index contributed by atoms with van der Waals surface area (Å²) in [6.07, 6.45) is 2.38. The number of rotatable bonds is 7. The van der Waals surface area contributed by atoms with E-state index in [0.717, 1.165) is 51.8 Å². The van der Waals surface area contributed by atoms with Crippen LogP contribution in [0.1, 0.15) is 24.0 Å². The van der Waals surface area contributed by atoms with Crippen LogP contribution in [0.2, 0.25) is 0 Å². The van der Waals surface area contributed by atoms with Gasteiger partial charge in [0.15, 0.2) is 5.96 Å². The van der Waals surface area contributed by atoms with E-state index in [1.807, 2.05) is 7.05 Å². The Morgan fingerprint density at radius 3 is 2.58 bits per heavy atom. The number of aryl methyl sites for hydroxylation is 1. The molecule has 1 heterocycles. The van der Waals surface area contributed by atoms with E-state index in [1.54, 1.807) is 0 Å². The zero-order valence-electron chi connectivity index (χ0n) is 15.4. The van der Waals surface area contributed by atoms with Gasteiger partial charge in [-0.15, -0.1) is 0 Å². The first kappa shape index (κ1) is 18.7. The van der Waals surface area contributed by atoms with E-state index in [2.05, 4.69) is 58.3 Å². The van der Waals surface area contributed by atoms with Crippen molar-refractivity contribution in [1.29, 1.82) is 0 Å². The van der Waals surface area contributed by atoms with Crippen molar-refractivity contribution in [1.82, 2.24) is 15.1 Å². The molecule has 2 rings (SSSR count). The molecule has 5 nitrogen and oxygen atoms in total. The summed E-state index contributed by atoms with van der Waals surface area (Å²) in [6, 6.07) is 8.68. The Morgan fingerprint density at radius 2 is 1.92 bits per heavy atom. The molecule has 0 unspecified atom stereocenters. The third-order valence-corrected chi connectivity index (χ3v) is 4.40. The smallest absolute Gasteiger partial charge is 0.193 e. The summed E-state index contributed by atoms with van der Waals surface area (Å²) >= 11 is 0. The first-order chi connectivity index (χ1) is 11.7. The van der Waals surface area contributed by atoms with Crippen LogP contribution in [0.4, 0.5) is 0 Å². The number of nitrogens with one attached hydrogen (secondary N) is 1. The minimum absolute atomic E-state index is 0.869. The average molecular weight is 332 g/mol. The molecule has 1 aliphatic heterocycles. The highest BCUT2D eigenvalue weighted by Crippen LogP contribution is 2.06. The SMILES string of the molecule is CN=C(NCCCCN1CCOCC1)N(C)Cc1ccc(C)cc1. The van der Waals surface area contributed by atoms with Gasteiger partial charge in [-0.05, 0) is 31.9 Å². The van der Waals surface area contributed by atoms with E-state index in [-0.39, 0.29) is 0 Å². The highest BCUT2D eigenvalue weighted by Gasteiger charge is 2.09. The molecule has 1 aromatic carbocycles. The van der Waals surface area contributed by atoms with Gasteiger partial charge in [0.2, 0.25) is 0 Å². The number of benzene rings is 1. The van der Waals surface area contributed by atoms with Gasteiger partial charge in [0.25, 0.3) is 0 Å². The number of ether oxygens (including phenoxy) is 1. The minimum atomic E-state index is 0.869. The summed E-state index contributed by atoms with van der Waals surface area (Å²) in [5.74, 6) is 0.960. The van der Waals surface area contributed by atoms with Crippen LogP contribution in [0.25, 0.3) is 0 Å². The predicted molar refractivity (Wildman–Crippen MR) is 101 cm³/mol.